The van der Waals surface area contributed by atoms with Gasteiger partial charge in [-0.15, -0.1) is 0 Å². The quantitative estimate of drug-likeness (QED) is 0.0640. The first-order chi connectivity index (χ1) is 71.5. The number of likely N-dealkylation sites (tertiary alicyclic amines) is 1. The number of hydrogen-bond acceptors (Lipinski definition) is 24. The average Bonchev–Trinajstić information content (AvgIpc) is 0.780. The topological polar surface area (TPSA) is 343 Å². The lowest BCUT2D eigenvalue weighted by Gasteiger charge is -2.45. The first-order valence-corrected chi connectivity index (χ1v) is 51.1. The zero-order valence-corrected chi connectivity index (χ0v) is 89.5. The fourth-order valence-corrected chi connectivity index (χ4v) is 20.5. The van der Waals surface area contributed by atoms with E-state index in [9.17, 15) is 47.1 Å². The predicted octanol–water partition coefficient (Wildman–Crippen LogP) is 18.9. The summed E-state index contributed by atoms with van der Waals surface area (Å²) < 4.78 is 56.8. The van der Waals surface area contributed by atoms with Crippen molar-refractivity contribution in [1.82, 2.24) is 97.7 Å². The number of pyridine rings is 6. The zero-order chi connectivity index (χ0) is 108. The van der Waals surface area contributed by atoms with Crippen molar-refractivity contribution in [3.8, 4) is 51.1 Å². The second-order valence-electron chi connectivity index (χ2n) is 39.4. The molecular weight excluding hydrogens is 1970 g/mol. The lowest BCUT2D eigenvalue weighted by molar-refractivity contribution is -0.129. The smallest absolute Gasteiger partial charge is 0.357 e. The van der Waals surface area contributed by atoms with Crippen LogP contribution >= 0.6 is 34.8 Å². The average molecular weight is 2100 g/mol. The van der Waals surface area contributed by atoms with Crippen LogP contribution in [0.2, 0.25) is 15.1 Å². The first-order valence-electron chi connectivity index (χ1n) is 50.0. The Hall–Kier alpha value is -15.1. The summed E-state index contributed by atoms with van der Waals surface area (Å²) in [6.07, 6.45) is 11.1. The van der Waals surface area contributed by atoms with Crippen molar-refractivity contribution in [3.63, 3.8) is 0 Å². The van der Waals surface area contributed by atoms with Crippen LogP contribution in [0.1, 0.15) is 190 Å². The molecule has 0 spiro atoms. The summed E-state index contributed by atoms with van der Waals surface area (Å²) in [6, 6.07) is 29.8. The Bertz CT molecular complexity index is 7910. The van der Waals surface area contributed by atoms with E-state index in [-0.39, 0.29) is 133 Å². The van der Waals surface area contributed by atoms with Crippen molar-refractivity contribution in [1.29, 1.82) is 0 Å². The van der Waals surface area contributed by atoms with Crippen LogP contribution in [0, 0.1) is 45.1 Å². The van der Waals surface area contributed by atoms with E-state index >= 15 is 4.39 Å². The molecule has 0 saturated carbocycles. The van der Waals surface area contributed by atoms with Gasteiger partial charge in [-0.1, -0.05) is 173 Å². The fourth-order valence-electron chi connectivity index (χ4n) is 19.8. The highest BCUT2D eigenvalue weighted by Gasteiger charge is 2.39. The van der Waals surface area contributed by atoms with E-state index in [4.69, 9.17) is 54.5 Å². The van der Waals surface area contributed by atoms with Gasteiger partial charge in [0.25, 0.3) is 0 Å². The number of halogens is 6. The van der Waals surface area contributed by atoms with Gasteiger partial charge in [0.05, 0.1) is 111 Å². The standard InChI is InChI=1S/C32H35ClFN7O2.C30H29ClFN5O3.C25H28ClN5O2.C25H29FN6O2/c1-8-25(42)39-14-19(6)40(20(7)15-39)31-22-13-23(33)28(21-11-9-10-12-24(21)34)37-30(22)41(32(43)38-31)29-26(17(2)3)35-16-36-27(29)18(4)5;1-5-24(38)36-14-8-9-19(16-36)40-29-21-15-22(31)26(20-10-6-7-11-23(20)32)34-28(21)37(30(39)35-29)27-18(4)12-13-33-25(27)17(2)3;1-6-22(32)29-11-12-30(16(4)14-29)23-19-13-20(26)17(5)27-24(19)31(25(33)28-23)21-10-8-7-9-18(21)15(2)3;1-7-20(33)30-10-11-31(16(5)13-30)23-18-12-19(26)17(6)28-24(18)32(25(34)29-23)22-15(4)8-9-27-21(22)14(2)3/h8-13,16-20H,1,14-15H2,2-7H3;5-7,10-13,15,17,19H,1,8-9,14,16H2,2-4H3;6-10,13,15-16H,1,11-12,14H2,2-5H3;7-9,12,14,16H,1,10-11,13H2,2-6H3/t19-,20-;19-;2*16-/m0000/s1. The summed E-state index contributed by atoms with van der Waals surface area (Å²) in [5.74, 6) is -0.525. The molecule has 32 nitrogen and oxygen atoms in total. The van der Waals surface area contributed by atoms with E-state index < -0.39 is 46.3 Å². The van der Waals surface area contributed by atoms with E-state index in [1.807, 2.05) is 156 Å². The molecule has 3 aromatic carbocycles. The minimum absolute atomic E-state index is 0.0123. The molecule has 4 fully saturated rings. The van der Waals surface area contributed by atoms with Gasteiger partial charge in [0.1, 0.15) is 47.3 Å². The van der Waals surface area contributed by atoms with Gasteiger partial charge < -0.3 is 39.0 Å². The Kier molecular flexibility index (Phi) is 33.4. The van der Waals surface area contributed by atoms with Crippen molar-refractivity contribution in [2.45, 2.75) is 197 Å². The van der Waals surface area contributed by atoms with E-state index in [2.05, 4.69) is 89.9 Å². The summed E-state index contributed by atoms with van der Waals surface area (Å²) in [5, 5.41) is 2.95. The van der Waals surface area contributed by atoms with Crippen LogP contribution in [0.4, 0.5) is 30.6 Å². The molecular formula is C112H121Cl3F3N23O9. The van der Waals surface area contributed by atoms with Gasteiger partial charge in [-0.05, 0) is 206 Å². The number of carbonyl (C=O) groups excluding carboxylic acids is 4. The van der Waals surface area contributed by atoms with Gasteiger partial charge in [-0.3, -0.25) is 29.1 Å². The number of amides is 4. The maximum absolute atomic E-state index is 15.1. The Morgan fingerprint density at radius 1 is 0.393 bits per heavy atom. The molecule has 150 heavy (non-hydrogen) atoms. The molecule has 4 aliphatic heterocycles. The Morgan fingerprint density at radius 3 is 1.26 bits per heavy atom. The molecule has 18 rings (SSSR count). The number of rotatable bonds is 20. The molecule has 780 valence electrons. The molecule has 4 amide bonds. The van der Waals surface area contributed by atoms with E-state index in [1.54, 1.807) is 92.0 Å². The summed E-state index contributed by atoms with van der Waals surface area (Å²) in [4.78, 5) is 172. The second kappa shape index (κ2) is 45.9. The molecule has 11 aromatic heterocycles. The third kappa shape index (κ3) is 22.0. The predicted molar refractivity (Wildman–Crippen MR) is 583 cm³/mol. The van der Waals surface area contributed by atoms with Crippen LogP contribution in [-0.2, 0) is 19.2 Å². The number of piperidine rings is 1. The minimum atomic E-state index is -0.621. The molecule has 4 aliphatic rings. The third-order valence-corrected chi connectivity index (χ3v) is 28.2. The van der Waals surface area contributed by atoms with Gasteiger partial charge >= 0.3 is 22.8 Å². The molecule has 0 radical (unpaired) electrons. The molecule has 0 unspecified atom stereocenters. The zero-order valence-electron chi connectivity index (χ0n) is 87.2. The van der Waals surface area contributed by atoms with Gasteiger partial charge in [-0.2, -0.15) is 19.9 Å². The van der Waals surface area contributed by atoms with E-state index in [1.165, 1.54) is 62.5 Å². The number of ether oxygens (including phenoxy) is 1. The minimum Gasteiger partial charge on any atom is -0.472 e. The monoisotopic (exact) mass is 2090 g/mol. The number of para-hydroxylation sites is 1. The molecule has 15 heterocycles. The fraction of sp³-hybridized carbons (Fsp3) is 0.357. The molecule has 5 atom stereocenters. The molecule has 38 heteroatoms. The van der Waals surface area contributed by atoms with Crippen LogP contribution < -0.4 is 42.2 Å². The highest BCUT2D eigenvalue weighted by Crippen LogP contribution is 2.43. The van der Waals surface area contributed by atoms with Crippen LogP contribution in [0.15, 0.2) is 198 Å². The highest BCUT2D eigenvalue weighted by molar-refractivity contribution is 6.34. The van der Waals surface area contributed by atoms with E-state index in [0.717, 1.165) is 34.5 Å². The van der Waals surface area contributed by atoms with E-state index in [0.29, 0.717) is 167 Å². The number of carbonyl (C=O) groups is 4. The van der Waals surface area contributed by atoms with Crippen molar-refractivity contribution in [2.24, 2.45) is 0 Å². The van der Waals surface area contributed by atoms with Crippen molar-refractivity contribution < 1.29 is 37.1 Å². The van der Waals surface area contributed by atoms with Crippen LogP contribution in [0.3, 0.4) is 0 Å². The molecule has 0 bridgehead atoms. The lowest BCUT2D eigenvalue weighted by atomic mass is 10.0. The number of nitrogens with zero attached hydrogens (tertiary/aromatic N) is 23. The Labute approximate surface area is 881 Å². The maximum Gasteiger partial charge on any atom is 0.357 e. The van der Waals surface area contributed by atoms with Gasteiger partial charge in [-0.25, -0.2) is 80.5 Å². The third-order valence-electron chi connectivity index (χ3n) is 27.2. The summed E-state index contributed by atoms with van der Waals surface area (Å²) in [5.41, 5.74) is 8.80. The Morgan fingerprint density at radius 2 is 0.780 bits per heavy atom. The first kappa shape index (κ1) is 109. The summed E-state index contributed by atoms with van der Waals surface area (Å²) in [7, 11) is 0. The normalized spacial score (nSPS) is 16.4. The van der Waals surface area contributed by atoms with Gasteiger partial charge in [0, 0.05) is 107 Å². The van der Waals surface area contributed by atoms with Gasteiger partial charge in [0.15, 0.2) is 22.6 Å². The molecule has 0 aliphatic carbocycles. The number of aromatic nitrogens is 16. The van der Waals surface area contributed by atoms with Crippen LogP contribution in [0.25, 0.3) is 89.4 Å². The van der Waals surface area contributed by atoms with Crippen molar-refractivity contribution >= 4 is 120 Å². The van der Waals surface area contributed by atoms with Crippen LogP contribution in [0.5, 0.6) is 5.88 Å². The van der Waals surface area contributed by atoms with Gasteiger partial charge in [0.2, 0.25) is 29.5 Å². The number of piperazine rings is 3. The number of fused-ring (bicyclic) bond motifs is 4. The highest BCUT2D eigenvalue weighted by atomic mass is 35.5. The second-order valence-corrected chi connectivity index (χ2v) is 40.6. The molecule has 4 saturated heterocycles. The maximum atomic E-state index is 15.1. The Balaban J connectivity index is 0.000000150. The van der Waals surface area contributed by atoms with Crippen LogP contribution in [-0.4, -0.2) is 217 Å². The number of benzene rings is 3. The van der Waals surface area contributed by atoms with Crippen molar-refractivity contribution in [2.75, 3.05) is 80.1 Å². The van der Waals surface area contributed by atoms with Crippen molar-refractivity contribution in [3.05, 3.63) is 304 Å². The number of anilines is 3. The lowest BCUT2D eigenvalue weighted by Crippen LogP contribution is -2.58. The number of hydrogen-bond donors (Lipinski definition) is 0. The summed E-state index contributed by atoms with van der Waals surface area (Å²) >= 11 is 20.0. The largest absolute Gasteiger partial charge is 0.472 e. The molecule has 0 N–H and O–H groups in total. The molecule has 14 aromatic rings. The number of aryl methyl sites for hydroxylation is 4. The SMILES string of the molecule is C=CC(=O)N1CCC[C@H](Oc2nc(=O)n(-c3c(C)ccnc3C(C)C)c3nc(-c4ccccc4F)c(Cl)cc23)C1.C=CC(=O)N1CCN(c2nc(=O)n(-c3c(C)ccnc3C(C)C)c3nc(C)c(F)cc23)[C@@H](C)C1.C=CC(=O)N1CCN(c2nc(=O)n(-c3ccccc3C(C)C)c3nc(C)c(Cl)cc23)[C@@H](C)C1.C=CC(=O)N1C[C@H](C)N(c2nc(=O)n(-c3c(C(C)C)ncnc3C(C)C)c3nc(-c4ccccc4F)c(Cl)cc23)[C@@H](C)C1. The summed E-state index contributed by atoms with van der Waals surface area (Å²) in [6.45, 7) is 54.2.